The lowest BCUT2D eigenvalue weighted by Crippen LogP contribution is -2.06. The molecular weight excluding hydrogens is 198 g/mol. The van der Waals surface area contributed by atoms with Gasteiger partial charge in [0.2, 0.25) is 0 Å². The van der Waals surface area contributed by atoms with Gasteiger partial charge >= 0.3 is 0 Å². The second-order valence-corrected chi connectivity index (χ2v) is 3.98. The number of hydrogen-bond donors (Lipinski definition) is 2. The highest BCUT2D eigenvalue weighted by Gasteiger charge is 2.08. The van der Waals surface area contributed by atoms with E-state index in [4.69, 9.17) is 17.3 Å². The van der Waals surface area contributed by atoms with Gasteiger partial charge in [0, 0.05) is 19.1 Å². The summed E-state index contributed by atoms with van der Waals surface area (Å²) in [6.07, 6.45) is 2.63. The Kier molecular flexibility index (Phi) is 4.28. The third-order valence-corrected chi connectivity index (χ3v) is 2.39. The Morgan fingerprint density at radius 1 is 1.50 bits per heavy atom. The van der Waals surface area contributed by atoms with Gasteiger partial charge in [-0.2, -0.15) is 5.10 Å². The summed E-state index contributed by atoms with van der Waals surface area (Å²) in [5, 5.41) is 15.6. The number of aromatic nitrogens is 3. The first kappa shape index (κ1) is 11.4. The highest BCUT2D eigenvalue weighted by molar-refractivity contribution is 7.71. The van der Waals surface area contributed by atoms with Gasteiger partial charge in [0.15, 0.2) is 4.77 Å². The van der Waals surface area contributed by atoms with Gasteiger partial charge < -0.3 is 9.67 Å². The molecule has 80 valence electrons. The third-order valence-electron chi connectivity index (χ3n) is 2.10. The van der Waals surface area contributed by atoms with E-state index in [2.05, 4.69) is 24.0 Å². The minimum absolute atomic E-state index is 0.243. The van der Waals surface area contributed by atoms with Gasteiger partial charge in [-0.25, -0.2) is 0 Å². The molecule has 1 aromatic rings. The van der Waals surface area contributed by atoms with Gasteiger partial charge in [-0.1, -0.05) is 0 Å². The van der Waals surface area contributed by atoms with Crippen LogP contribution in [0.3, 0.4) is 0 Å². The number of hydrogen-bond acceptors (Lipinski definition) is 3. The minimum atomic E-state index is 0.243. The predicted molar refractivity (Wildman–Crippen MR) is 57.8 cm³/mol. The van der Waals surface area contributed by atoms with Crippen molar-refractivity contribution in [1.82, 2.24) is 14.8 Å². The Morgan fingerprint density at radius 3 is 2.79 bits per heavy atom. The predicted octanol–water partition coefficient (Wildman–Crippen LogP) is 1.84. The molecule has 0 saturated carbocycles. The fraction of sp³-hybridized carbons (Fsp3) is 0.778. The molecule has 0 bridgehead atoms. The van der Waals surface area contributed by atoms with E-state index in [9.17, 15) is 0 Å². The maximum absolute atomic E-state index is 8.67. The molecular formula is C9H17N3OS. The number of aryl methyl sites for hydroxylation is 1. The molecule has 1 aromatic heterocycles. The largest absolute Gasteiger partial charge is 0.396 e. The molecule has 0 saturated heterocycles. The molecule has 0 aromatic carbocycles. The molecule has 0 amide bonds. The smallest absolute Gasteiger partial charge is 0.195 e. The lowest BCUT2D eigenvalue weighted by molar-refractivity contribution is 0.284. The van der Waals surface area contributed by atoms with E-state index < -0.39 is 0 Å². The zero-order valence-electron chi connectivity index (χ0n) is 8.66. The number of aliphatic hydroxyl groups is 1. The van der Waals surface area contributed by atoms with E-state index in [0.29, 0.717) is 10.8 Å². The summed E-state index contributed by atoms with van der Waals surface area (Å²) in [7, 11) is 0. The second kappa shape index (κ2) is 5.26. The van der Waals surface area contributed by atoms with Crippen LogP contribution in [0, 0.1) is 4.77 Å². The Hall–Kier alpha value is -0.680. The van der Waals surface area contributed by atoms with Crippen molar-refractivity contribution in [1.29, 1.82) is 0 Å². The van der Waals surface area contributed by atoms with Crippen molar-refractivity contribution in [2.75, 3.05) is 6.61 Å². The summed E-state index contributed by atoms with van der Waals surface area (Å²) in [5.74, 6) is 0.985. The van der Waals surface area contributed by atoms with Crippen molar-refractivity contribution in [3.05, 3.63) is 10.6 Å². The molecule has 0 aliphatic rings. The zero-order chi connectivity index (χ0) is 10.6. The first-order valence-electron chi connectivity index (χ1n) is 4.93. The van der Waals surface area contributed by atoms with Crippen LogP contribution in [0.4, 0.5) is 0 Å². The molecule has 1 rings (SSSR count). The van der Waals surface area contributed by atoms with Gasteiger partial charge in [0.1, 0.15) is 5.82 Å². The molecule has 4 nitrogen and oxygen atoms in total. The average Bonchev–Trinajstić information content (AvgIpc) is 2.47. The molecule has 14 heavy (non-hydrogen) atoms. The van der Waals surface area contributed by atoms with E-state index in [1.54, 1.807) is 0 Å². The van der Waals surface area contributed by atoms with E-state index in [1.807, 2.05) is 4.57 Å². The Labute approximate surface area is 89.0 Å². The first-order chi connectivity index (χ1) is 6.66. The van der Waals surface area contributed by atoms with E-state index in [1.165, 1.54) is 0 Å². The van der Waals surface area contributed by atoms with E-state index in [0.717, 1.165) is 25.1 Å². The van der Waals surface area contributed by atoms with Crippen molar-refractivity contribution >= 4 is 12.2 Å². The van der Waals surface area contributed by atoms with Gasteiger partial charge in [-0.05, 0) is 38.9 Å². The van der Waals surface area contributed by atoms with Crippen molar-refractivity contribution < 1.29 is 5.11 Å². The van der Waals surface area contributed by atoms with Crippen molar-refractivity contribution in [2.45, 2.75) is 39.2 Å². The first-order valence-corrected chi connectivity index (χ1v) is 5.34. The topological polar surface area (TPSA) is 53.8 Å². The van der Waals surface area contributed by atoms with E-state index >= 15 is 0 Å². The monoisotopic (exact) mass is 215 g/mol. The number of rotatable bonds is 5. The second-order valence-electron chi connectivity index (χ2n) is 3.59. The highest BCUT2D eigenvalue weighted by Crippen LogP contribution is 2.10. The molecule has 5 heteroatoms. The Bertz CT molecular complexity index is 329. The molecule has 2 N–H and O–H groups in total. The van der Waals surface area contributed by atoms with Crippen LogP contribution in [-0.4, -0.2) is 26.5 Å². The molecule has 0 aliphatic heterocycles. The zero-order valence-corrected chi connectivity index (χ0v) is 9.47. The summed E-state index contributed by atoms with van der Waals surface area (Å²) >= 11 is 5.12. The number of H-pyrrole nitrogens is 1. The number of nitrogens with one attached hydrogen (secondary N) is 1. The van der Waals surface area contributed by atoms with Crippen molar-refractivity contribution in [3.8, 4) is 0 Å². The van der Waals surface area contributed by atoms with Crippen LogP contribution in [0.5, 0.6) is 0 Å². The highest BCUT2D eigenvalue weighted by atomic mass is 32.1. The van der Waals surface area contributed by atoms with Crippen LogP contribution >= 0.6 is 12.2 Å². The van der Waals surface area contributed by atoms with Crippen LogP contribution in [0.25, 0.3) is 0 Å². The third kappa shape index (κ3) is 2.65. The Morgan fingerprint density at radius 2 is 2.21 bits per heavy atom. The maximum atomic E-state index is 8.67. The number of nitrogens with zero attached hydrogens (tertiary/aromatic N) is 2. The number of aromatic amines is 1. The fourth-order valence-electron chi connectivity index (χ4n) is 1.44. The van der Waals surface area contributed by atoms with Crippen molar-refractivity contribution in [3.63, 3.8) is 0 Å². The summed E-state index contributed by atoms with van der Waals surface area (Å²) in [4.78, 5) is 0. The van der Waals surface area contributed by atoms with Crippen LogP contribution in [0.2, 0.25) is 0 Å². The summed E-state index contributed by atoms with van der Waals surface area (Å²) < 4.78 is 2.70. The van der Waals surface area contributed by atoms with E-state index in [-0.39, 0.29) is 6.61 Å². The van der Waals surface area contributed by atoms with Crippen LogP contribution < -0.4 is 0 Å². The van der Waals surface area contributed by atoms with Crippen LogP contribution in [-0.2, 0) is 6.42 Å². The summed E-state index contributed by atoms with van der Waals surface area (Å²) in [5.41, 5.74) is 0. The molecule has 0 spiro atoms. The molecule has 1 heterocycles. The number of aliphatic hydroxyl groups excluding tert-OH is 1. The number of unbranched alkanes of at least 4 members (excludes halogenated alkanes) is 1. The summed E-state index contributed by atoms with van der Waals surface area (Å²) in [6, 6.07) is 0.338. The lowest BCUT2D eigenvalue weighted by atomic mass is 10.2. The van der Waals surface area contributed by atoms with Crippen LogP contribution in [0.1, 0.15) is 38.6 Å². The van der Waals surface area contributed by atoms with Gasteiger partial charge in [0.05, 0.1) is 0 Å². The fourth-order valence-corrected chi connectivity index (χ4v) is 1.80. The van der Waals surface area contributed by atoms with Crippen molar-refractivity contribution in [2.24, 2.45) is 0 Å². The summed E-state index contributed by atoms with van der Waals surface area (Å²) in [6.45, 7) is 4.41. The van der Waals surface area contributed by atoms with Gasteiger partial charge in [-0.3, -0.25) is 5.10 Å². The quantitative estimate of drug-likeness (QED) is 0.582. The molecule has 0 aliphatic carbocycles. The molecule has 0 atom stereocenters. The molecule has 0 unspecified atom stereocenters. The maximum Gasteiger partial charge on any atom is 0.195 e. The van der Waals surface area contributed by atoms with Gasteiger partial charge in [0.25, 0.3) is 0 Å². The Balaban J connectivity index is 2.71. The lowest BCUT2D eigenvalue weighted by Gasteiger charge is -2.09. The van der Waals surface area contributed by atoms with Crippen LogP contribution in [0.15, 0.2) is 0 Å². The standard InChI is InChI=1S/C9H17N3OS/c1-7(2)12-8(5-3-4-6-13)10-11-9(12)14/h7,13H,3-6H2,1-2H3,(H,11,14). The average molecular weight is 215 g/mol. The normalized spacial score (nSPS) is 11.1. The molecule has 0 fully saturated rings. The SMILES string of the molecule is CC(C)n1c(CCCCO)n[nH]c1=S. The molecule has 0 radical (unpaired) electrons. The minimum Gasteiger partial charge on any atom is -0.396 e. The van der Waals surface area contributed by atoms with Gasteiger partial charge in [-0.15, -0.1) is 0 Å².